The van der Waals surface area contributed by atoms with Crippen LogP contribution in [0.3, 0.4) is 0 Å². The molecule has 0 bridgehead atoms. The third kappa shape index (κ3) is 8.38. The van der Waals surface area contributed by atoms with Gasteiger partial charge in [0, 0.05) is 23.2 Å². The number of nitrogens with zero attached hydrogens (tertiary/aromatic N) is 1. The van der Waals surface area contributed by atoms with E-state index < -0.39 is 11.4 Å². The monoisotopic (exact) mass is 405 g/mol. The first-order valence-corrected chi connectivity index (χ1v) is 9.30. The highest BCUT2D eigenvalue weighted by Gasteiger charge is 2.28. The largest absolute Gasteiger partial charge is 0.374 e. The van der Waals surface area contributed by atoms with E-state index in [-0.39, 0.29) is 0 Å². The van der Waals surface area contributed by atoms with Crippen LogP contribution in [0.25, 0.3) is 5.57 Å². The molecule has 0 aliphatic heterocycles. The van der Waals surface area contributed by atoms with E-state index in [1.807, 2.05) is 64.2 Å². The van der Waals surface area contributed by atoms with Gasteiger partial charge in [0.05, 0.1) is 5.60 Å². The fraction of sp³-hybridized carbons (Fsp3) is 0.348. The number of hydrogen-bond acceptors (Lipinski definition) is 4. The Morgan fingerprint density at radius 3 is 2.07 bits per heavy atom. The van der Waals surface area contributed by atoms with Gasteiger partial charge in [0.25, 0.3) is 0 Å². The quantitative estimate of drug-likeness (QED) is 0.280. The lowest BCUT2D eigenvalue weighted by Gasteiger charge is -2.29. The molecule has 28 heavy (non-hydrogen) atoms. The highest BCUT2D eigenvalue weighted by atomic mass is 32.1. The Morgan fingerprint density at radius 2 is 1.71 bits per heavy atom. The molecule has 0 amide bonds. The van der Waals surface area contributed by atoms with Crippen LogP contribution >= 0.6 is 12.6 Å². The van der Waals surface area contributed by atoms with Gasteiger partial charge < -0.3 is 9.64 Å². The van der Waals surface area contributed by atoms with E-state index in [0.717, 1.165) is 22.8 Å². The molecule has 154 valence electrons. The molecule has 5 heteroatoms. The molecule has 0 heterocycles. The average molecular weight is 406 g/mol. The number of benzene rings is 1. The van der Waals surface area contributed by atoms with Crippen LogP contribution in [0.1, 0.15) is 26.3 Å². The van der Waals surface area contributed by atoms with Gasteiger partial charge in [0.15, 0.2) is 6.29 Å². The first-order chi connectivity index (χ1) is 13.0. The molecular formula is C23H32FNO2S. The highest BCUT2D eigenvalue weighted by molar-refractivity contribution is 7.80. The standard InChI is InChI=1S/C20H23FO2S.C3H9N/c1-6-14(12-16(21)7-2)18(13-22)19(20(3,4)23-5)15-8-10-17(24)11-9-15;1-4(2)3/h6-13,24H,2H2,1,3-5H3;1-3H3/b14-6+,16-12+,19-18+;. The lowest BCUT2D eigenvalue weighted by molar-refractivity contribution is -0.104. The van der Waals surface area contributed by atoms with Gasteiger partial charge >= 0.3 is 0 Å². The van der Waals surface area contributed by atoms with Crippen LogP contribution in [-0.4, -0.2) is 45.0 Å². The van der Waals surface area contributed by atoms with Crippen LogP contribution in [0.15, 0.2) is 70.9 Å². The first kappa shape index (κ1) is 26.1. The smallest absolute Gasteiger partial charge is 0.151 e. The van der Waals surface area contributed by atoms with E-state index in [1.165, 1.54) is 6.08 Å². The fourth-order valence-corrected chi connectivity index (χ4v) is 2.50. The van der Waals surface area contributed by atoms with E-state index in [4.69, 9.17) is 4.74 Å². The van der Waals surface area contributed by atoms with Gasteiger partial charge in [-0.25, -0.2) is 4.39 Å². The van der Waals surface area contributed by atoms with Crippen molar-refractivity contribution in [3.05, 3.63) is 71.6 Å². The van der Waals surface area contributed by atoms with Crippen molar-refractivity contribution in [2.24, 2.45) is 0 Å². The second kappa shape index (κ2) is 12.5. The molecule has 0 saturated carbocycles. The van der Waals surface area contributed by atoms with Crippen molar-refractivity contribution in [3.8, 4) is 0 Å². The van der Waals surface area contributed by atoms with Crippen molar-refractivity contribution in [1.82, 2.24) is 4.90 Å². The Kier molecular flexibility index (Phi) is 11.6. The number of hydrogen-bond donors (Lipinski definition) is 1. The number of methoxy groups -OCH3 is 1. The predicted molar refractivity (Wildman–Crippen MR) is 121 cm³/mol. The normalized spacial score (nSPS) is 13.5. The van der Waals surface area contributed by atoms with Crippen molar-refractivity contribution < 1.29 is 13.9 Å². The number of allylic oxidation sites excluding steroid dienone is 6. The third-order valence-corrected chi connectivity index (χ3v) is 4.06. The van der Waals surface area contributed by atoms with Crippen molar-refractivity contribution in [3.63, 3.8) is 0 Å². The van der Waals surface area contributed by atoms with E-state index >= 15 is 0 Å². The molecule has 0 aromatic heterocycles. The summed E-state index contributed by atoms with van der Waals surface area (Å²) in [5.74, 6) is -0.511. The van der Waals surface area contributed by atoms with Gasteiger partial charge in [0.1, 0.15) is 5.83 Å². The molecule has 0 saturated heterocycles. The number of halogens is 1. The number of rotatable bonds is 7. The molecule has 0 N–H and O–H groups in total. The highest BCUT2D eigenvalue weighted by Crippen LogP contribution is 2.35. The summed E-state index contributed by atoms with van der Waals surface area (Å²) >= 11 is 4.29. The van der Waals surface area contributed by atoms with Gasteiger partial charge in [-0.2, -0.15) is 0 Å². The Morgan fingerprint density at radius 1 is 1.21 bits per heavy atom. The molecule has 0 atom stereocenters. The number of aldehydes is 1. The minimum atomic E-state index is -0.749. The summed E-state index contributed by atoms with van der Waals surface area (Å²) in [4.78, 5) is 14.7. The van der Waals surface area contributed by atoms with Crippen LogP contribution in [0, 0.1) is 0 Å². The molecule has 3 nitrogen and oxygen atoms in total. The minimum absolute atomic E-state index is 0.369. The maximum Gasteiger partial charge on any atom is 0.151 e. The zero-order chi connectivity index (χ0) is 21.9. The van der Waals surface area contributed by atoms with E-state index in [9.17, 15) is 9.18 Å². The zero-order valence-electron chi connectivity index (χ0n) is 17.9. The molecule has 0 radical (unpaired) electrons. The molecule has 1 aromatic rings. The summed E-state index contributed by atoms with van der Waals surface area (Å²) in [6.45, 7) is 8.88. The first-order valence-electron chi connectivity index (χ1n) is 8.85. The molecule has 0 fully saturated rings. The predicted octanol–water partition coefficient (Wildman–Crippen LogP) is 5.52. The number of thiol groups is 1. The second-order valence-corrected chi connectivity index (χ2v) is 7.50. The minimum Gasteiger partial charge on any atom is -0.374 e. The van der Waals surface area contributed by atoms with Crippen molar-refractivity contribution in [1.29, 1.82) is 0 Å². The summed E-state index contributed by atoms with van der Waals surface area (Å²) in [5, 5.41) is 0. The van der Waals surface area contributed by atoms with Gasteiger partial charge in [-0.15, -0.1) is 12.6 Å². The molecule has 1 rings (SSSR count). The Bertz CT molecular complexity index is 742. The summed E-state index contributed by atoms with van der Waals surface area (Å²) in [5.41, 5.74) is 1.58. The summed E-state index contributed by atoms with van der Waals surface area (Å²) in [6, 6.07) is 7.40. The summed E-state index contributed by atoms with van der Waals surface area (Å²) in [6.07, 6.45) is 4.80. The van der Waals surface area contributed by atoms with E-state index in [2.05, 4.69) is 19.2 Å². The second-order valence-electron chi connectivity index (χ2n) is 6.99. The fourth-order valence-electron chi connectivity index (χ4n) is 2.35. The van der Waals surface area contributed by atoms with E-state index in [1.54, 1.807) is 20.1 Å². The summed E-state index contributed by atoms with van der Waals surface area (Å²) in [7, 11) is 7.57. The van der Waals surface area contributed by atoms with Crippen LogP contribution in [0.2, 0.25) is 0 Å². The maximum absolute atomic E-state index is 13.7. The molecule has 1 aromatic carbocycles. The Balaban J connectivity index is 0.00000165. The van der Waals surface area contributed by atoms with Gasteiger partial charge in [-0.3, -0.25) is 4.79 Å². The van der Waals surface area contributed by atoms with Gasteiger partial charge in [-0.1, -0.05) is 24.8 Å². The van der Waals surface area contributed by atoms with Crippen molar-refractivity contribution >= 4 is 24.5 Å². The number of carbonyl (C=O) groups excluding carboxylic acids is 1. The van der Waals surface area contributed by atoms with Gasteiger partial charge in [-0.05, 0) is 77.3 Å². The molecule has 0 spiro atoms. The molecule has 0 aliphatic rings. The lowest BCUT2D eigenvalue weighted by atomic mass is 9.84. The molecule has 0 unspecified atom stereocenters. The third-order valence-electron chi connectivity index (χ3n) is 3.77. The van der Waals surface area contributed by atoms with Gasteiger partial charge in [0.2, 0.25) is 0 Å². The van der Waals surface area contributed by atoms with Crippen molar-refractivity contribution in [2.75, 3.05) is 28.3 Å². The van der Waals surface area contributed by atoms with Crippen LogP contribution < -0.4 is 0 Å². The Hall–Kier alpha value is -1.95. The summed E-state index contributed by atoms with van der Waals surface area (Å²) < 4.78 is 19.3. The zero-order valence-corrected chi connectivity index (χ0v) is 18.8. The molecule has 0 aliphatic carbocycles. The van der Waals surface area contributed by atoms with Crippen LogP contribution in [-0.2, 0) is 9.53 Å². The van der Waals surface area contributed by atoms with Crippen LogP contribution in [0.4, 0.5) is 4.39 Å². The average Bonchev–Trinajstić information content (AvgIpc) is 2.64. The van der Waals surface area contributed by atoms with Crippen molar-refractivity contribution in [2.45, 2.75) is 31.3 Å². The number of ether oxygens (including phenoxy) is 1. The topological polar surface area (TPSA) is 29.5 Å². The van der Waals surface area contributed by atoms with E-state index in [0.29, 0.717) is 16.7 Å². The Labute approximate surface area is 174 Å². The number of carbonyl (C=O) groups is 1. The SMILES string of the molecule is C=C\C(F)=C/C(=C\C)C(/C=O)=C(\c1ccc(S)cc1)C(C)(C)OC.CN(C)C. The van der Waals surface area contributed by atoms with Crippen LogP contribution in [0.5, 0.6) is 0 Å². The maximum atomic E-state index is 13.7. The lowest BCUT2D eigenvalue weighted by Crippen LogP contribution is -2.26. The molecular weight excluding hydrogens is 373 g/mol.